The van der Waals surface area contributed by atoms with E-state index in [1.807, 2.05) is 6.92 Å². The highest BCUT2D eigenvalue weighted by Crippen LogP contribution is 2.01. The Bertz CT molecular complexity index is 152. The number of hydrogen-bond donors (Lipinski definition) is 4. The minimum absolute atomic E-state index is 0. The van der Waals surface area contributed by atoms with Crippen LogP contribution in [0.1, 0.15) is 40.5 Å². The molecule has 0 spiro atoms. The van der Waals surface area contributed by atoms with Crippen molar-refractivity contribution in [3.63, 3.8) is 0 Å². The standard InChI is InChI=1S/C6H13NS.C5H13NS.CH4/c1-3-5(2)6(7)4-8;1-2-3-5(6)4-7;/h6,8H,2-4,7H2,1H3;5,7H,2-4,6H2,1H3;1H4. The molecule has 0 radical (unpaired) electrons. The van der Waals surface area contributed by atoms with Crippen LogP contribution in [0.3, 0.4) is 0 Å². The topological polar surface area (TPSA) is 52.0 Å². The lowest BCUT2D eigenvalue weighted by atomic mass is 10.1. The van der Waals surface area contributed by atoms with Crippen molar-refractivity contribution in [3.8, 4) is 0 Å². The van der Waals surface area contributed by atoms with Crippen LogP contribution >= 0.6 is 25.3 Å². The van der Waals surface area contributed by atoms with Gasteiger partial charge in [0.05, 0.1) is 0 Å². The SMILES string of the molecule is C.C=C(CC)C(N)CS.CCCC(N)CS. The summed E-state index contributed by atoms with van der Waals surface area (Å²) in [7, 11) is 0. The molecule has 2 nitrogen and oxygen atoms in total. The van der Waals surface area contributed by atoms with Crippen LogP contribution in [-0.2, 0) is 0 Å². The molecule has 4 heteroatoms. The van der Waals surface area contributed by atoms with Gasteiger partial charge in [0.15, 0.2) is 0 Å². The third-order valence-corrected chi connectivity index (χ3v) is 2.93. The fourth-order valence-electron chi connectivity index (χ4n) is 0.853. The normalized spacial score (nSPS) is 12.9. The third-order valence-electron chi connectivity index (χ3n) is 2.07. The molecule has 2 atom stereocenters. The minimum Gasteiger partial charge on any atom is -0.327 e. The van der Waals surface area contributed by atoms with E-state index in [1.54, 1.807) is 0 Å². The molecule has 0 heterocycles. The van der Waals surface area contributed by atoms with E-state index in [0.717, 1.165) is 24.2 Å². The summed E-state index contributed by atoms with van der Waals surface area (Å²) >= 11 is 8.05. The molecule has 0 rings (SSSR count). The Labute approximate surface area is 113 Å². The number of hydrogen-bond acceptors (Lipinski definition) is 4. The molecular weight excluding hydrogens is 236 g/mol. The second-order valence-electron chi connectivity index (χ2n) is 3.53. The van der Waals surface area contributed by atoms with Crippen LogP contribution in [0.4, 0.5) is 0 Å². The highest BCUT2D eigenvalue weighted by Gasteiger charge is 1.99. The lowest BCUT2D eigenvalue weighted by molar-refractivity contribution is 0.662. The predicted molar refractivity (Wildman–Crippen MR) is 84.7 cm³/mol. The first-order chi connectivity index (χ1) is 7.03. The van der Waals surface area contributed by atoms with Crippen molar-refractivity contribution < 1.29 is 0 Å². The van der Waals surface area contributed by atoms with Gasteiger partial charge < -0.3 is 11.5 Å². The second-order valence-corrected chi connectivity index (χ2v) is 4.26. The molecule has 0 aromatic heterocycles. The summed E-state index contributed by atoms with van der Waals surface area (Å²) < 4.78 is 0. The molecule has 0 saturated carbocycles. The van der Waals surface area contributed by atoms with Gasteiger partial charge in [0.25, 0.3) is 0 Å². The summed E-state index contributed by atoms with van der Waals surface area (Å²) in [5.74, 6) is 1.51. The Hall–Kier alpha value is 0.360. The van der Waals surface area contributed by atoms with Gasteiger partial charge in [-0.25, -0.2) is 0 Å². The van der Waals surface area contributed by atoms with Crippen molar-refractivity contribution in [2.24, 2.45) is 11.5 Å². The zero-order valence-corrected chi connectivity index (χ0v) is 11.7. The lowest BCUT2D eigenvalue weighted by Gasteiger charge is -2.07. The van der Waals surface area contributed by atoms with E-state index in [9.17, 15) is 0 Å². The molecule has 0 aliphatic rings. The average molecular weight is 267 g/mol. The van der Waals surface area contributed by atoms with E-state index in [2.05, 4.69) is 38.8 Å². The first-order valence-corrected chi connectivity index (χ1v) is 6.70. The zero-order valence-electron chi connectivity index (χ0n) is 9.95. The second kappa shape index (κ2) is 15.4. The number of thiol groups is 2. The molecule has 0 saturated heterocycles. The first-order valence-electron chi connectivity index (χ1n) is 5.43. The molecule has 0 aromatic carbocycles. The van der Waals surface area contributed by atoms with Gasteiger partial charge in [-0.2, -0.15) is 25.3 Å². The van der Waals surface area contributed by atoms with E-state index in [1.165, 1.54) is 6.42 Å². The van der Waals surface area contributed by atoms with Gasteiger partial charge in [-0.3, -0.25) is 0 Å². The van der Waals surface area contributed by atoms with E-state index < -0.39 is 0 Å². The van der Waals surface area contributed by atoms with Gasteiger partial charge in [0.2, 0.25) is 0 Å². The Morgan fingerprint density at radius 3 is 1.81 bits per heavy atom. The molecule has 100 valence electrons. The highest BCUT2D eigenvalue weighted by molar-refractivity contribution is 7.80. The van der Waals surface area contributed by atoms with E-state index >= 15 is 0 Å². The molecule has 2 unspecified atom stereocenters. The van der Waals surface area contributed by atoms with Gasteiger partial charge in [0, 0.05) is 23.6 Å². The summed E-state index contributed by atoms with van der Waals surface area (Å²) in [6.07, 6.45) is 3.23. The Balaban J connectivity index is -0.000000200. The molecule has 0 amide bonds. The quantitative estimate of drug-likeness (QED) is 0.441. The van der Waals surface area contributed by atoms with Crippen LogP contribution in [0, 0.1) is 0 Å². The maximum absolute atomic E-state index is 5.55. The number of rotatable bonds is 6. The van der Waals surface area contributed by atoms with Crippen LogP contribution < -0.4 is 11.5 Å². The third kappa shape index (κ3) is 14.4. The van der Waals surface area contributed by atoms with Gasteiger partial charge in [0.1, 0.15) is 0 Å². The fourth-order valence-corrected chi connectivity index (χ4v) is 1.29. The van der Waals surface area contributed by atoms with Gasteiger partial charge in [-0.1, -0.05) is 39.8 Å². The molecule has 0 fully saturated rings. The van der Waals surface area contributed by atoms with Crippen molar-refractivity contribution in [2.75, 3.05) is 11.5 Å². The predicted octanol–water partition coefficient (Wildman–Crippen LogP) is 2.89. The van der Waals surface area contributed by atoms with Gasteiger partial charge in [-0.15, -0.1) is 0 Å². The number of nitrogens with two attached hydrogens (primary N) is 2. The van der Waals surface area contributed by atoms with Crippen molar-refractivity contribution in [1.82, 2.24) is 0 Å². The maximum atomic E-state index is 5.55. The van der Waals surface area contributed by atoms with Crippen molar-refractivity contribution >= 4 is 25.3 Å². The Kier molecular flexibility index (Phi) is 20.8. The van der Waals surface area contributed by atoms with Crippen molar-refractivity contribution in [2.45, 2.75) is 52.6 Å². The summed E-state index contributed by atoms with van der Waals surface area (Å²) in [5.41, 5.74) is 12.1. The van der Waals surface area contributed by atoms with Crippen LogP contribution in [0.2, 0.25) is 0 Å². The minimum atomic E-state index is 0. The molecule has 4 N–H and O–H groups in total. The molecule has 0 aliphatic carbocycles. The van der Waals surface area contributed by atoms with Crippen molar-refractivity contribution in [1.29, 1.82) is 0 Å². The Morgan fingerprint density at radius 2 is 1.69 bits per heavy atom. The van der Waals surface area contributed by atoms with Gasteiger partial charge in [-0.05, 0) is 12.8 Å². The van der Waals surface area contributed by atoms with E-state index in [0.29, 0.717) is 11.8 Å². The lowest BCUT2D eigenvalue weighted by Crippen LogP contribution is -2.23. The van der Waals surface area contributed by atoms with Crippen LogP contribution in [0.25, 0.3) is 0 Å². The average Bonchev–Trinajstić information content (AvgIpc) is 2.27. The van der Waals surface area contributed by atoms with E-state index in [-0.39, 0.29) is 13.5 Å². The zero-order chi connectivity index (χ0) is 12.3. The first kappa shape index (κ1) is 21.6. The Morgan fingerprint density at radius 1 is 1.19 bits per heavy atom. The van der Waals surface area contributed by atoms with Crippen LogP contribution in [-0.4, -0.2) is 23.6 Å². The summed E-state index contributed by atoms with van der Waals surface area (Å²) in [5, 5.41) is 0. The van der Waals surface area contributed by atoms with Crippen LogP contribution in [0.15, 0.2) is 12.2 Å². The molecule has 0 bridgehead atoms. The van der Waals surface area contributed by atoms with Gasteiger partial charge >= 0.3 is 0 Å². The summed E-state index contributed by atoms with van der Waals surface area (Å²) in [6, 6.07) is 0.400. The molecule has 0 aromatic rings. The molecule has 0 aliphatic heterocycles. The fraction of sp³-hybridized carbons (Fsp3) is 0.833. The smallest absolute Gasteiger partial charge is 0.0340 e. The highest BCUT2D eigenvalue weighted by atomic mass is 32.1. The monoisotopic (exact) mass is 266 g/mol. The van der Waals surface area contributed by atoms with Crippen LogP contribution in [0.5, 0.6) is 0 Å². The van der Waals surface area contributed by atoms with Crippen molar-refractivity contribution in [3.05, 3.63) is 12.2 Å². The molecule has 16 heavy (non-hydrogen) atoms. The summed E-state index contributed by atoms with van der Waals surface area (Å²) in [4.78, 5) is 0. The summed E-state index contributed by atoms with van der Waals surface area (Å²) in [6.45, 7) is 7.95. The molecular formula is C12H30N2S2. The maximum Gasteiger partial charge on any atom is 0.0340 e. The van der Waals surface area contributed by atoms with E-state index in [4.69, 9.17) is 11.5 Å². The largest absolute Gasteiger partial charge is 0.327 e.